The summed E-state index contributed by atoms with van der Waals surface area (Å²) in [6.45, 7) is 7.60. The molecule has 0 saturated heterocycles. The third kappa shape index (κ3) is 4.08. The second-order valence-electron chi connectivity index (χ2n) is 8.95. The Balaban J connectivity index is 1.72. The van der Waals surface area contributed by atoms with Crippen LogP contribution in [0.4, 0.5) is 13.6 Å². The second kappa shape index (κ2) is 7.86. The molecule has 1 N–H and O–H groups in total. The Labute approximate surface area is 178 Å². The maximum Gasteiger partial charge on any atom is 0.343 e. The Hall–Kier alpha value is -3.10. The number of halogens is 2. The first kappa shape index (κ1) is 21.1. The summed E-state index contributed by atoms with van der Waals surface area (Å²) in [7, 11) is 0. The molecule has 0 bridgehead atoms. The van der Waals surface area contributed by atoms with Gasteiger partial charge in [0.15, 0.2) is 17.5 Å². The molecule has 1 aliphatic rings. The van der Waals surface area contributed by atoms with Crippen LogP contribution in [0.2, 0.25) is 0 Å². The van der Waals surface area contributed by atoms with Crippen LogP contribution in [0, 0.1) is 24.0 Å². The Morgan fingerprint density at radius 3 is 2.58 bits per heavy atom. The fourth-order valence-electron chi connectivity index (χ4n) is 3.91. The topological polar surface area (TPSA) is 85.8 Å². The first-order valence-corrected chi connectivity index (χ1v) is 10.3. The molecule has 3 aromatic rings. The third-order valence-electron chi connectivity index (χ3n) is 5.49. The quantitative estimate of drug-likeness (QED) is 0.650. The van der Waals surface area contributed by atoms with E-state index in [-0.39, 0.29) is 0 Å². The van der Waals surface area contributed by atoms with Crippen molar-refractivity contribution >= 4 is 6.03 Å². The van der Waals surface area contributed by atoms with Crippen molar-refractivity contribution in [3.8, 4) is 11.3 Å². The number of benzene rings is 1. The van der Waals surface area contributed by atoms with Crippen molar-refractivity contribution in [2.24, 2.45) is 5.41 Å². The predicted octanol–water partition coefficient (Wildman–Crippen LogP) is 4.74. The van der Waals surface area contributed by atoms with E-state index in [1.807, 2.05) is 20.8 Å². The Kier molecular flexibility index (Phi) is 5.36. The van der Waals surface area contributed by atoms with Crippen LogP contribution in [0.3, 0.4) is 0 Å². The minimum atomic E-state index is -0.944. The minimum Gasteiger partial charge on any atom is -0.337 e. The van der Waals surface area contributed by atoms with E-state index >= 15 is 0 Å². The van der Waals surface area contributed by atoms with Crippen LogP contribution in [0.15, 0.2) is 22.7 Å². The number of hydrogen-bond donors (Lipinski definition) is 1. The molecule has 9 heteroatoms. The van der Waals surface area contributed by atoms with E-state index in [1.165, 1.54) is 10.7 Å². The van der Waals surface area contributed by atoms with Gasteiger partial charge >= 0.3 is 6.03 Å². The molecule has 0 radical (unpaired) electrons. The fraction of sp³-hybridized carbons (Fsp3) is 0.455. The molecule has 7 nitrogen and oxygen atoms in total. The molecule has 1 amide bonds. The number of nitrogens with zero attached hydrogens (tertiary/aromatic N) is 4. The van der Waals surface area contributed by atoms with Crippen LogP contribution in [0.5, 0.6) is 0 Å². The van der Waals surface area contributed by atoms with Crippen LogP contribution >= 0.6 is 0 Å². The highest BCUT2D eigenvalue weighted by Crippen LogP contribution is 2.34. The highest BCUT2D eigenvalue weighted by molar-refractivity contribution is 5.79. The van der Waals surface area contributed by atoms with Crippen molar-refractivity contribution in [1.29, 1.82) is 0 Å². The molecule has 2 heterocycles. The van der Waals surface area contributed by atoms with Crippen LogP contribution < -0.4 is 5.32 Å². The standard InChI is InChI=1S/C22H25F2N5O2/c1-12-25-20(31-28-12)19(22(2,3)4)26-21(30)29-17-8-6-5-7-14(17)18(27-29)13-9-10-15(23)16(24)11-13/h9-11,19H,5-8H2,1-4H3,(H,26,30)/t19-/m1/s1. The summed E-state index contributed by atoms with van der Waals surface area (Å²) in [5.41, 5.74) is 2.24. The summed E-state index contributed by atoms with van der Waals surface area (Å²) in [6, 6.07) is 2.72. The zero-order valence-corrected chi connectivity index (χ0v) is 18.0. The van der Waals surface area contributed by atoms with Gasteiger partial charge in [-0.3, -0.25) is 0 Å². The molecule has 31 heavy (non-hydrogen) atoms. The van der Waals surface area contributed by atoms with Crippen LogP contribution in [-0.2, 0) is 12.8 Å². The summed E-state index contributed by atoms with van der Waals surface area (Å²) in [4.78, 5) is 17.6. The van der Waals surface area contributed by atoms with E-state index in [0.29, 0.717) is 29.4 Å². The average Bonchev–Trinajstić information content (AvgIpc) is 3.31. The maximum absolute atomic E-state index is 13.8. The highest BCUT2D eigenvalue weighted by Gasteiger charge is 2.34. The van der Waals surface area contributed by atoms with E-state index in [2.05, 4.69) is 20.6 Å². The highest BCUT2D eigenvalue weighted by atomic mass is 19.2. The Morgan fingerprint density at radius 1 is 1.19 bits per heavy atom. The summed E-state index contributed by atoms with van der Waals surface area (Å²) in [6.07, 6.45) is 3.28. The van der Waals surface area contributed by atoms with Crippen molar-refractivity contribution in [3.63, 3.8) is 0 Å². The lowest BCUT2D eigenvalue weighted by Crippen LogP contribution is -2.40. The van der Waals surface area contributed by atoms with Gasteiger partial charge in [0.2, 0.25) is 5.89 Å². The van der Waals surface area contributed by atoms with Gasteiger partial charge in [-0.05, 0) is 56.2 Å². The molecule has 0 saturated carbocycles. The number of fused-ring (bicyclic) bond motifs is 1. The summed E-state index contributed by atoms with van der Waals surface area (Å²) in [5, 5.41) is 11.3. The van der Waals surface area contributed by atoms with Gasteiger partial charge in [0.1, 0.15) is 6.04 Å². The van der Waals surface area contributed by atoms with Gasteiger partial charge in [-0.2, -0.15) is 14.8 Å². The van der Waals surface area contributed by atoms with E-state index < -0.39 is 29.1 Å². The van der Waals surface area contributed by atoms with Gasteiger partial charge in [0, 0.05) is 11.1 Å². The average molecular weight is 429 g/mol. The van der Waals surface area contributed by atoms with Crippen molar-refractivity contribution in [2.75, 3.05) is 0 Å². The zero-order valence-electron chi connectivity index (χ0n) is 18.0. The molecule has 0 unspecified atom stereocenters. The number of rotatable bonds is 3. The Bertz CT molecular complexity index is 1130. The first-order chi connectivity index (χ1) is 14.6. The van der Waals surface area contributed by atoms with E-state index in [1.54, 1.807) is 6.92 Å². The lowest BCUT2D eigenvalue weighted by atomic mass is 9.86. The number of nitrogens with one attached hydrogen (secondary N) is 1. The molecule has 1 aliphatic carbocycles. The van der Waals surface area contributed by atoms with Gasteiger partial charge in [-0.1, -0.05) is 25.9 Å². The van der Waals surface area contributed by atoms with Crippen molar-refractivity contribution in [1.82, 2.24) is 25.2 Å². The second-order valence-corrected chi connectivity index (χ2v) is 8.95. The Morgan fingerprint density at radius 2 is 1.94 bits per heavy atom. The van der Waals surface area contributed by atoms with Crippen molar-refractivity contribution in [3.05, 3.63) is 52.8 Å². The molecule has 164 valence electrons. The van der Waals surface area contributed by atoms with Crippen molar-refractivity contribution in [2.45, 2.75) is 59.4 Å². The largest absolute Gasteiger partial charge is 0.343 e. The number of hydrogen-bond acceptors (Lipinski definition) is 5. The third-order valence-corrected chi connectivity index (χ3v) is 5.49. The molecular formula is C22H25F2N5O2. The number of aryl methyl sites for hydroxylation is 1. The SMILES string of the molecule is Cc1noc([C@@H](NC(=O)n2nc(-c3ccc(F)c(F)c3)c3c2CCCC3)C(C)(C)C)n1. The smallest absolute Gasteiger partial charge is 0.337 e. The molecule has 0 fully saturated rings. The van der Waals surface area contributed by atoms with Crippen molar-refractivity contribution < 1.29 is 18.1 Å². The zero-order chi connectivity index (χ0) is 22.3. The van der Waals surface area contributed by atoms with Gasteiger partial charge in [-0.25, -0.2) is 13.6 Å². The van der Waals surface area contributed by atoms with Gasteiger partial charge in [0.25, 0.3) is 0 Å². The monoisotopic (exact) mass is 429 g/mol. The normalized spacial score (nSPS) is 14.9. The molecule has 1 aromatic carbocycles. The van der Waals surface area contributed by atoms with Gasteiger partial charge in [-0.15, -0.1) is 0 Å². The van der Waals surface area contributed by atoms with Crippen LogP contribution in [0.1, 0.15) is 62.6 Å². The van der Waals surface area contributed by atoms with Crippen LogP contribution in [0.25, 0.3) is 11.3 Å². The number of carbonyl (C=O) groups is 1. The van der Waals surface area contributed by atoms with E-state index in [4.69, 9.17) is 4.52 Å². The summed E-state index contributed by atoms with van der Waals surface area (Å²) in [5.74, 6) is -1.06. The lowest BCUT2D eigenvalue weighted by Gasteiger charge is -2.28. The fourth-order valence-corrected chi connectivity index (χ4v) is 3.91. The minimum absolute atomic E-state index is 0.320. The summed E-state index contributed by atoms with van der Waals surface area (Å²) < 4.78 is 33.9. The first-order valence-electron chi connectivity index (χ1n) is 10.3. The van der Waals surface area contributed by atoms with Gasteiger partial charge in [0.05, 0.1) is 11.4 Å². The van der Waals surface area contributed by atoms with E-state index in [0.717, 1.165) is 42.7 Å². The molecule has 4 rings (SSSR count). The molecule has 2 aromatic heterocycles. The van der Waals surface area contributed by atoms with Crippen LogP contribution in [-0.4, -0.2) is 26.0 Å². The number of carbonyl (C=O) groups excluding carboxylic acids is 1. The number of amides is 1. The summed E-state index contributed by atoms with van der Waals surface area (Å²) >= 11 is 0. The van der Waals surface area contributed by atoms with Gasteiger partial charge < -0.3 is 9.84 Å². The molecular weight excluding hydrogens is 404 g/mol. The molecule has 0 spiro atoms. The number of aromatic nitrogens is 4. The predicted molar refractivity (Wildman–Crippen MR) is 109 cm³/mol. The molecule has 0 aliphatic heterocycles. The lowest BCUT2D eigenvalue weighted by molar-refractivity contribution is 0.195. The van der Waals surface area contributed by atoms with E-state index in [9.17, 15) is 13.6 Å². The molecule has 1 atom stereocenters. The maximum atomic E-state index is 13.8.